The molecule has 36 heavy (non-hydrogen) atoms. The van der Waals surface area contributed by atoms with Crippen molar-refractivity contribution in [1.82, 2.24) is 19.9 Å². The molecule has 0 fully saturated rings. The van der Waals surface area contributed by atoms with E-state index >= 15 is 0 Å². The smallest absolute Gasteiger partial charge is 0.338 e. The number of nitrogen functional groups attached to an aromatic ring is 1. The highest BCUT2D eigenvalue weighted by atomic mass is 35.5. The summed E-state index contributed by atoms with van der Waals surface area (Å²) in [7, 11) is 0. The number of hydrogen-bond donors (Lipinski definition) is 2. The number of esters is 1. The predicted octanol–water partition coefficient (Wildman–Crippen LogP) is 4.92. The zero-order valence-electron chi connectivity index (χ0n) is 19.4. The van der Waals surface area contributed by atoms with Crippen LogP contribution in [0, 0.1) is 0 Å². The van der Waals surface area contributed by atoms with Crippen molar-refractivity contribution in [3.8, 4) is 5.69 Å². The first kappa shape index (κ1) is 23.3. The normalized spacial score (nSPS) is 11.1. The third kappa shape index (κ3) is 4.23. The van der Waals surface area contributed by atoms with Crippen LogP contribution in [-0.4, -0.2) is 33.0 Å². The van der Waals surface area contributed by atoms with E-state index in [1.165, 1.54) is 0 Å². The Morgan fingerprint density at radius 2 is 1.64 bits per heavy atom. The largest absolute Gasteiger partial charge is 0.462 e. The summed E-state index contributed by atoms with van der Waals surface area (Å²) in [6, 6.07) is 21.4. The fourth-order valence-corrected chi connectivity index (χ4v) is 4.22. The second-order valence-electron chi connectivity index (χ2n) is 8.02. The molecule has 0 saturated heterocycles. The molecule has 0 aliphatic rings. The maximum Gasteiger partial charge on any atom is 0.338 e. The fourth-order valence-electron chi connectivity index (χ4n) is 4.01. The molecule has 0 radical (unpaired) electrons. The number of ether oxygens (including phenoxy) is 1. The maximum atomic E-state index is 13.4. The Kier molecular flexibility index (Phi) is 6.26. The van der Waals surface area contributed by atoms with Crippen molar-refractivity contribution in [2.45, 2.75) is 13.5 Å². The number of nitrogens with two attached hydrogens (primary N) is 1. The lowest BCUT2D eigenvalue weighted by atomic mass is 10.2. The van der Waals surface area contributed by atoms with Crippen LogP contribution in [0.5, 0.6) is 0 Å². The number of fused-ring (bicyclic) bond motifs is 2. The van der Waals surface area contributed by atoms with Crippen LogP contribution in [0.15, 0.2) is 72.8 Å². The van der Waals surface area contributed by atoms with Crippen LogP contribution in [0.3, 0.4) is 0 Å². The van der Waals surface area contributed by atoms with Crippen LogP contribution in [0.2, 0.25) is 5.02 Å². The minimum atomic E-state index is -0.417. The van der Waals surface area contributed by atoms with Crippen molar-refractivity contribution in [2.24, 2.45) is 0 Å². The topological polar surface area (TPSA) is 112 Å². The van der Waals surface area contributed by atoms with E-state index < -0.39 is 11.9 Å². The molecule has 0 aliphatic carbocycles. The molecular weight excluding hydrogens is 478 g/mol. The Bertz CT molecular complexity index is 1610. The van der Waals surface area contributed by atoms with Gasteiger partial charge in [-0.15, -0.1) is 0 Å². The van der Waals surface area contributed by atoms with Crippen molar-refractivity contribution in [3.05, 3.63) is 94.5 Å². The Morgan fingerprint density at radius 1 is 0.972 bits per heavy atom. The Labute approximate surface area is 211 Å². The van der Waals surface area contributed by atoms with E-state index in [2.05, 4.69) is 5.32 Å². The number of para-hydroxylation sites is 2. The molecule has 9 heteroatoms. The molecule has 5 rings (SSSR count). The molecule has 3 N–H and O–H groups in total. The van der Waals surface area contributed by atoms with Crippen molar-refractivity contribution in [1.29, 1.82) is 0 Å². The van der Waals surface area contributed by atoms with Gasteiger partial charge in [-0.1, -0.05) is 41.9 Å². The molecule has 3 aromatic carbocycles. The molecule has 5 aromatic rings. The lowest BCUT2D eigenvalue weighted by Gasteiger charge is -2.10. The Morgan fingerprint density at radius 3 is 2.33 bits per heavy atom. The first-order valence-electron chi connectivity index (χ1n) is 11.3. The van der Waals surface area contributed by atoms with Gasteiger partial charge in [-0.25, -0.2) is 14.8 Å². The Hall–Kier alpha value is -4.43. The highest BCUT2D eigenvalue weighted by Gasteiger charge is 2.25. The van der Waals surface area contributed by atoms with E-state index in [0.717, 1.165) is 5.56 Å². The molecule has 1 amide bonds. The number of nitrogens with one attached hydrogen (secondary N) is 1. The molecule has 180 valence electrons. The van der Waals surface area contributed by atoms with E-state index in [4.69, 9.17) is 32.0 Å². The number of amides is 1. The van der Waals surface area contributed by atoms with Gasteiger partial charge in [0, 0.05) is 17.3 Å². The average molecular weight is 500 g/mol. The van der Waals surface area contributed by atoms with Gasteiger partial charge in [-0.3, -0.25) is 9.36 Å². The number of benzene rings is 3. The van der Waals surface area contributed by atoms with Gasteiger partial charge in [0.2, 0.25) is 0 Å². The van der Waals surface area contributed by atoms with Crippen LogP contribution in [0.25, 0.3) is 27.9 Å². The summed E-state index contributed by atoms with van der Waals surface area (Å²) in [5.41, 5.74) is 10.7. The zero-order valence-corrected chi connectivity index (χ0v) is 20.1. The van der Waals surface area contributed by atoms with Crippen LogP contribution >= 0.6 is 11.6 Å². The third-order valence-corrected chi connectivity index (χ3v) is 6.13. The summed E-state index contributed by atoms with van der Waals surface area (Å²) < 4.78 is 6.73. The summed E-state index contributed by atoms with van der Waals surface area (Å²) in [4.78, 5) is 35.0. The summed E-state index contributed by atoms with van der Waals surface area (Å²) >= 11 is 6.25. The van der Waals surface area contributed by atoms with Crippen molar-refractivity contribution < 1.29 is 14.3 Å². The van der Waals surface area contributed by atoms with Gasteiger partial charge in [-0.2, -0.15) is 0 Å². The van der Waals surface area contributed by atoms with Gasteiger partial charge < -0.3 is 15.8 Å². The number of halogens is 1. The van der Waals surface area contributed by atoms with Crippen LogP contribution in [0.4, 0.5) is 5.82 Å². The summed E-state index contributed by atoms with van der Waals surface area (Å²) in [6.45, 7) is 2.26. The third-order valence-electron chi connectivity index (χ3n) is 5.76. The molecular formula is C27H22ClN5O3. The number of nitrogens with zero attached hydrogens (tertiary/aromatic N) is 3. The molecule has 8 nitrogen and oxygen atoms in total. The molecule has 0 bridgehead atoms. The second-order valence-corrected chi connectivity index (χ2v) is 8.43. The zero-order chi connectivity index (χ0) is 25.2. The van der Waals surface area contributed by atoms with E-state index in [0.29, 0.717) is 38.5 Å². The minimum Gasteiger partial charge on any atom is -0.462 e. The first-order chi connectivity index (χ1) is 17.5. The molecule has 0 unspecified atom stereocenters. The maximum absolute atomic E-state index is 13.4. The van der Waals surface area contributed by atoms with Gasteiger partial charge in [0.15, 0.2) is 5.65 Å². The van der Waals surface area contributed by atoms with Crippen molar-refractivity contribution in [3.63, 3.8) is 0 Å². The number of anilines is 1. The molecule has 0 spiro atoms. The van der Waals surface area contributed by atoms with E-state index in [-0.39, 0.29) is 24.5 Å². The highest BCUT2D eigenvalue weighted by Crippen LogP contribution is 2.31. The summed E-state index contributed by atoms with van der Waals surface area (Å²) in [5, 5.41) is 3.45. The van der Waals surface area contributed by atoms with Gasteiger partial charge in [0.1, 0.15) is 16.9 Å². The number of hydrogen-bond acceptors (Lipinski definition) is 6. The Balaban J connectivity index is 1.61. The van der Waals surface area contributed by atoms with Gasteiger partial charge in [0.05, 0.1) is 23.2 Å². The predicted molar refractivity (Wildman–Crippen MR) is 139 cm³/mol. The van der Waals surface area contributed by atoms with Crippen LogP contribution in [0.1, 0.15) is 33.2 Å². The van der Waals surface area contributed by atoms with Crippen molar-refractivity contribution in [2.75, 3.05) is 12.3 Å². The lowest BCUT2D eigenvalue weighted by molar-refractivity contribution is 0.0526. The second kappa shape index (κ2) is 9.67. The standard InChI is InChI=1S/C27H22ClN5O3/c1-2-36-27(35)16-11-13-18(14-12-16)33-24(29)22(26(34)30-15-17-7-3-4-8-19(17)28)23-25(33)32-21-10-6-5-9-20(21)31-23/h3-14H,2,15,29H2,1H3,(H,30,34). The van der Waals surface area contributed by atoms with Crippen LogP contribution in [-0.2, 0) is 11.3 Å². The summed E-state index contributed by atoms with van der Waals surface area (Å²) in [6.07, 6.45) is 0. The van der Waals surface area contributed by atoms with Gasteiger partial charge in [-0.05, 0) is 55.0 Å². The molecule has 0 aliphatic heterocycles. The summed E-state index contributed by atoms with van der Waals surface area (Å²) in [5.74, 6) is -0.635. The number of rotatable bonds is 6. The van der Waals surface area contributed by atoms with Crippen molar-refractivity contribution >= 4 is 51.5 Å². The molecule has 2 heterocycles. The van der Waals surface area contributed by atoms with Crippen LogP contribution < -0.4 is 11.1 Å². The first-order valence-corrected chi connectivity index (χ1v) is 11.7. The SMILES string of the molecule is CCOC(=O)c1ccc(-n2c(N)c(C(=O)NCc3ccccc3Cl)c3nc4ccccc4nc32)cc1. The number of carbonyl (C=O) groups excluding carboxylic acids is 2. The van der Waals surface area contributed by atoms with Gasteiger partial charge in [0.25, 0.3) is 5.91 Å². The number of aromatic nitrogens is 3. The monoisotopic (exact) mass is 499 g/mol. The molecule has 2 aromatic heterocycles. The number of carbonyl (C=O) groups is 2. The molecule has 0 saturated carbocycles. The quantitative estimate of drug-likeness (QED) is 0.321. The van der Waals surface area contributed by atoms with Gasteiger partial charge >= 0.3 is 5.97 Å². The minimum absolute atomic E-state index is 0.181. The molecule has 0 atom stereocenters. The van der Waals surface area contributed by atoms with E-state index in [1.807, 2.05) is 42.5 Å². The van der Waals surface area contributed by atoms with E-state index in [9.17, 15) is 9.59 Å². The lowest BCUT2D eigenvalue weighted by Crippen LogP contribution is -2.24. The fraction of sp³-hybridized carbons (Fsp3) is 0.111. The average Bonchev–Trinajstić information content (AvgIpc) is 3.17. The highest BCUT2D eigenvalue weighted by molar-refractivity contribution is 6.31. The van der Waals surface area contributed by atoms with E-state index in [1.54, 1.807) is 41.8 Å².